The van der Waals surface area contributed by atoms with Gasteiger partial charge in [-0.2, -0.15) is 0 Å². The molecule has 1 aromatic heterocycles. The highest BCUT2D eigenvalue weighted by Gasteiger charge is 2.19. The zero-order chi connectivity index (χ0) is 21.6. The highest BCUT2D eigenvalue weighted by Crippen LogP contribution is 2.16. The lowest BCUT2D eigenvalue weighted by Gasteiger charge is -2.31. The Labute approximate surface area is 188 Å². The second-order valence-electron chi connectivity index (χ2n) is 8.36. The molecule has 3 heterocycles. The molecule has 2 aliphatic rings. The summed E-state index contributed by atoms with van der Waals surface area (Å²) in [5.74, 6) is 0. The van der Waals surface area contributed by atoms with Crippen LogP contribution in [0.25, 0.3) is 10.9 Å². The van der Waals surface area contributed by atoms with Crippen LogP contribution in [0.3, 0.4) is 0 Å². The van der Waals surface area contributed by atoms with Crippen LogP contribution in [0, 0.1) is 6.92 Å². The van der Waals surface area contributed by atoms with E-state index < -0.39 is 0 Å². The van der Waals surface area contributed by atoms with Crippen LogP contribution in [0.2, 0.25) is 0 Å². The fourth-order valence-electron chi connectivity index (χ4n) is 4.21. The van der Waals surface area contributed by atoms with Gasteiger partial charge < -0.3 is 24.7 Å². The average molecular weight is 445 g/mol. The molecule has 8 heteroatoms. The van der Waals surface area contributed by atoms with E-state index >= 15 is 0 Å². The number of fused-ring (bicyclic) bond motifs is 1. The van der Waals surface area contributed by atoms with Crippen molar-refractivity contribution in [1.82, 2.24) is 20.1 Å². The Morgan fingerprint density at radius 1 is 1.32 bits per heavy atom. The molecule has 0 aliphatic carbocycles. The third-order valence-corrected chi connectivity index (χ3v) is 6.51. The third kappa shape index (κ3) is 5.83. The molecule has 2 aliphatic heterocycles. The Morgan fingerprint density at radius 3 is 2.94 bits per heavy atom. The second kappa shape index (κ2) is 10.5. The number of benzene rings is 1. The van der Waals surface area contributed by atoms with Crippen molar-refractivity contribution in [2.75, 3.05) is 52.5 Å². The fraction of sp³-hybridized carbons (Fsp3) is 0.565. The summed E-state index contributed by atoms with van der Waals surface area (Å²) in [6, 6.07) is 8.06. The molecular formula is C23H32N4O3S. The number of H-pyrrole nitrogens is 1. The van der Waals surface area contributed by atoms with Crippen molar-refractivity contribution < 1.29 is 9.47 Å². The van der Waals surface area contributed by atoms with E-state index in [-0.39, 0.29) is 11.7 Å². The highest BCUT2D eigenvalue weighted by atomic mass is 32.1. The molecule has 31 heavy (non-hydrogen) atoms. The number of morpholine rings is 1. The van der Waals surface area contributed by atoms with Crippen molar-refractivity contribution in [2.24, 2.45) is 0 Å². The van der Waals surface area contributed by atoms with Crippen LogP contribution in [-0.4, -0.2) is 78.5 Å². The molecule has 2 N–H and O–H groups in total. The molecule has 0 saturated carbocycles. The molecule has 0 spiro atoms. The Morgan fingerprint density at radius 2 is 2.16 bits per heavy atom. The number of hydrogen-bond donors (Lipinski definition) is 2. The van der Waals surface area contributed by atoms with Crippen molar-refractivity contribution in [2.45, 2.75) is 32.4 Å². The second-order valence-corrected chi connectivity index (χ2v) is 8.75. The van der Waals surface area contributed by atoms with Crippen molar-refractivity contribution in [3.63, 3.8) is 0 Å². The van der Waals surface area contributed by atoms with E-state index in [1.807, 2.05) is 31.2 Å². The molecule has 2 fully saturated rings. The van der Waals surface area contributed by atoms with E-state index in [1.165, 1.54) is 0 Å². The summed E-state index contributed by atoms with van der Waals surface area (Å²) >= 11 is 5.74. The number of pyridine rings is 1. The monoisotopic (exact) mass is 444 g/mol. The van der Waals surface area contributed by atoms with Gasteiger partial charge in [0.15, 0.2) is 5.11 Å². The molecule has 4 rings (SSSR count). The topological polar surface area (TPSA) is 69.8 Å². The Kier molecular flexibility index (Phi) is 7.55. The van der Waals surface area contributed by atoms with Crippen molar-refractivity contribution in [3.05, 3.63) is 45.7 Å². The number of nitrogens with zero attached hydrogens (tertiary/aromatic N) is 2. The first kappa shape index (κ1) is 22.2. The van der Waals surface area contributed by atoms with Gasteiger partial charge in [0.2, 0.25) is 0 Å². The first-order valence-electron chi connectivity index (χ1n) is 11.2. The fourth-order valence-corrected chi connectivity index (χ4v) is 4.45. The number of aryl methyl sites for hydroxylation is 1. The summed E-state index contributed by atoms with van der Waals surface area (Å²) in [6.07, 6.45) is 2.38. The minimum absolute atomic E-state index is 0.0555. The molecule has 1 atom stereocenters. The van der Waals surface area contributed by atoms with Crippen LogP contribution in [0.15, 0.2) is 29.1 Å². The Hall–Kier alpha value is -2.00. The smallest absolute Gasteiger partial charge is 0.253 e. The predicted octanol–water partition coefficient (Wildman–Crippen LogP) is 2.02. The van der Waals surface area contributed by atoms with Gasteiger partial charge in [-0.1, -0.05) is 18.2 Å². The van der Waals surface area contributed by atoms with E-state index in [0.717, 1.165) is 80.9 Å². The molecule has 0 radical (unpaired) electrons. The van der Waals surface area contributed by atoms with Gasteiger partial charge in [-0.25, -0.2) is 0 Å². The van der Waals surface area contributed by atoms with Gasteiger partial charge in [0, 0.05) is 44.9 Å². The van der Waals surface area contributed by atoms with Gasteiger partial charge in [0.1, 0.15) is 0 Å². The van der Waals surface area contributed by atoms with Crippen LogP contribution >= 0.6 is 12.2 Å². The average Bonchev–Trinajstić information content (AvgIpc) is 3.30. The van der Waals surface area contributed by atoms with E-state index in [4.69, 9.17) is 21.7 Å². The summed E-state index contributed by atoms with van der Waals surface area (Å²) in [4.78, 5) is 20.4. The van der Waals surface area contributed by atoms with Crippen molar-refractivity contribution in [3.8, 4) is 0 Å². The molecule has 1 aromatic carbocycles. The maximum Gasteiger partial charge on any atom is 0.253 e. The van der Waals surface area contributed by atoms with Crippen molar-refractivity contribution in [1.29, 1.82) is 0 Å². The van der Waals surface area contributed by atoms with Crippen LogP contribution < -0.4 is 10.9 Å². The van der Waals surface area contributed by atoms with E-state index in [0.29, 0.717) is 18.2 Å². The lowest BCUT2D eigenvalue weighted by molar-refractivity contribution is 0.0356. The van der Waals surface area contributed by atoms with Crippen LogP contribution in [0.5, 0.6) is 0 Å². The number of aromatic nitrogens is 1. The zero-order valence-electron chi connectivity index (χ0n) is 18.2. The number of aromatic amines is 1. The SMILES string of the molecule is Cc1cccc2cc(CN(CCN3CCOCC3)C(=S)NC[C@H]3CCCO3)c(=O)[nH]c12. The van der Waals surface area contributed by atoms with Crippen LogP contribution in [0.1, 0.15) is 24.0 Å². The maximum absolute atomic E-state index is 12.8. The largest absolute Gasteiger partial charge is 0.379 e. The summed E-state index contributed by atoms with van der Waals surface area (Å²) in [6.45, 7) is 9.05. The summed E-state index contributed by atoms with van der Waals surface area (Å²) in [5.41, 5.74) is 2.63. The summed E-state index contributed by atoms with van der Waals surface area (Å²) in [7, 11) is 0. The minimum Gasteiger partial charge on any atom is -0.379 e. The summed E-state index contributed by atoms with van der Waals surface area (Å²) < 4.78 is 11.2. The Bertz CT molecular complexity index is 951. The van der Waals surface area contributed by atoms with Gasteiger partial charge in [0.25, 0.3) is 5.56 Å². The van der Waals surface area contributed by atoms with E-state index in [9.17, 15) is 4.79 Å². The molecule has 7 nitrogen and oxygen atoms in total. The third-order valence-electron chi connectivity index (χ3n) is 6.11. The minimum atomic E-state index is -0.0555. The molecule has 2 saturated heterocycles. The molecule has 0 unspecified atom stereocenters. The van der Waals surface area contributed by atoms with Gasteiger partial charge in [-0.05, 0) is 49.0 Å². The van der Waals surface area contributed by atoms with Crippen molar-refractivity contribution >= 4 is 28.2 Å². The number of thiocarbonyl (C=S) groups is 1. The quantitative estimate of drug-likeness (QED) is 0.633. The Balaban J connectivity index is 1.48. The van der Waals surface area contributed by atoms with Gasteiger partial charge in [-0.3, -0.25) is 9.69 Å². The molecule has 2 aromatic rings. The summed E-state index contributed by atoms with van der Waals surface area (Å²) in [5, 5.41) is 5.09. The van der Waals surface area contributed by atoms with Gasteiger partial charge in [-0.15, -0.1) is 0 Å². The zero-order valence-corrected chi connectivity index (χ0v) is 19.0. The first-order valence-corrected chi connectivity index (χ1v) is 11.6. The lowest BCUT2D eigenvalue weighted by Crippen LogP contribution is -2.47. The molecule has 0 bridgehead atoms. The molecule has 168 valence electrons. The number of ether oxygens (including phenoxy) is 2. The number of nitrogens with one attached hydrogen (secondary N) is 2. The van der Waals surface area contributed by atoms with Gasteiger partial charge >= 0.3 is 0 Å². The molecular weight excluding hydrogens is 412 g/mol. The van der Waals surface area contributed by atoms with Crippen LogP contribution in [-0.2, 0) is 16.0 Å². The van der Waals surface area contributed by atoms with E-state index in [1.54, 1.807) is 0 Å². The van der Waals surface area contributed by atoms with E-state index in [2.05, 4.69) is 20.1 Å². The predicted molar refractivity (Wildman–Crippen MR) is 127 cm³/mol. The van der Waals surface area contributed by atoms with Crippen LogP contribution in [0.4, 0.5) is 0 Å². The van der Waals surface area contributed by atoms with Gasteiger partial charge in [0.05, 0.1) is 31.4 Å². The lowest BCUT2D eigenvalue weighted by atomic mass is 10.1. The molecule has 0 amide bonds. The highest BCUT2D eigenvalue weighted by molar-refractivity contribution is 7.80. The standard InChI is InChI=1S/C23H32N4O3S/c1-17-4-2-5-18-14-19(22(28)25-21(17)18)16-27(8-7-26-9-12-29-13-10-26)23(31)24-15-20-6-3-11-30-20/h2,4-5,14,20H,3,6-13,15-16H2,1H3,(H,24,31)(H,25,28)/t20-/m1/s1. The maximum atomic E-state index is 12.8. The number of hydrogen-bond acceptors (Lipinski definition) is 5. The first-order chi connectivity index (χ1) is 15.1. The normalized spacial score (nSPS) is 19.6. The number of rotatable bonds is 7. The number of para-hydroxylation sites is 1.